The molecule has 4 nitrogen and oxygen atoms in total. The lowest BCUT2D eigenvalue weighted by molar-refractivity contribution is 0.0779. The van der Waals surface area contributed by atoms with Gasteiger partial charge in [0, 0.05) is 45.6 Å². The van der Waals surface area contributed by atoms with Crippen molar-refractivity contribution in [2.45, 2.75) is 13.3 Å². The Hall–Kier alpha value is -1.55. The first-order valence-electron chi connectivity index (χ1n) is 6.13. The van der Waals surface area contributed by atoms with Gasteiger partial charge in [-0.25, -0.2) is 0 Å². The van der Waals surface area contributed by atoms with Crippen molar-refractivity contribution < 1.29 is 9.53 Å². The topological polar surface area (TPSA) is 41.6 Å². The number of benzene rings is 1. The van der Waals surface area contributed by atoms with Gasteiger partial charge in [0.1, 0.15) is 0 Å². The smallest absolute Gasteiger partial charge is 0.253 e. The Kier molecular flexibility index (Phi) is 5.65. The van der Waals surface area contributed by atoms with E-state index >= 15 is 0 Å². The minimum Gasteiger partial charge on any atom is -0.388 e. The quantitative estimate of drug-likeness (QED) is 0.787. The van der Waals surface area contributed by atoms with Crippen molar-refractivity contribution in [2.24, 2.45) is 0 Å². The molecule has 0 aliphatic heterocycles. The Labute approximate surface area is 109 Å². The molecule has 0 spiro atoms. The number of nitrogens with one attached hydrogen (secondary N) is 1. The lowest BCUT2D eigenvalue weighted by Gasteiger charge is -2.17. The van der Waals surface area contributed by atoms with Crippen molar-refractivity contribution >= 4 is 11.6 Å². The summed E-state index contributed by atoms with van der Waals surface area (Å²) in [6, 6.07) is 5.71. The third-order valence-corrected chi connectivity index (χ3v) is 2.93. The van der Waals surface area contributed by atoms with Gasteiger partial charge in [-0.1, -0.05) is 0 Å². The van der Waals surface area contributed by atoms with E-state index < -0.39 is 0 Å². The van der Waals surface area contributed by atoms with E-state index in [0.717, 1.165) is 23.2 Å². The highest BCUT2D eigenvalue weighted by molar-refractivity contribution is 5.94. The van der Waals surface area contributed by atoms with Crippen molar-refractivity contribution in [1.82, 2.24) is 4.90 Å². The molecule has 1 amide bonds. The number of nitrogens with zero attached hydrogens (tertiary/aromatic N) is 1. The van der Waals surface area contributed by atoms with Crippen molar-refractivity contribution in [3.05, 3.63) is 29.3 Å². The van der Waals surface area contributed by atoms with Crippen LogP contribution in [-0.2, 0) is 4.74 Å². The molecule has 0 atom stereocenters. The molecule has 0 saturated carbocycles. The van der Waals surface area contributed by atoms with Crippen LogP contribution >= 0.6 is 0 Å². The van der Waals surface area contributed by atoms with Crippen LogP contribution in [-0.4, -0.2) is 45.2 Å². The highest BCUT2D eigenvalue weighted by Gasteiger charge is 2.12. The van der Waals surface area contributed by atoms with Crippen LogP contribution in [0.5, 0.6) is 0 Å². The van der Waals surface area contributed by atoms with Gasteiger partial charge >= 0.3 is 0 Å². The highest BCUT2D eigenvalue weighted by Crippen LogP contribution is 2.16. The minimum absolute atomic E-state index is 0.0526. The molecule has 100 valence electrons. The van der Waals surface area contributed by atoms with Crippen LogP contribution in [0, 0.1) is 6.92 Å². The average Bonchev–Trinajstić information content (AvgIpc) is 2.38. The van der Waals surface area contributed by atoms with Crippen molar-refractivity contribution in [2.75, 3.05) is 39.7 Å². The van der Waals surface area contributed by atoms with Gasteiger partial charge < -0.3 is 15.0 Å². The summed E-state index contributed by atoms with van der Waals surface area (Å²) in [4.78, 5) is 13.9. The summed E-state index contributed by atoms with van der Waals surface area (Å²) in [6.45, 7) is 3.38. The summed E-state index contributed by atoms with van der Waals surface area (Å²) < 4.78 is 4.98. The van der Waals surface area contributed by atoms with Gasteiger partial charge in [0.15, 0.2) is 0 Å². The summed E-state index contributed by atoms with van der Waals surface area (Å²) in [5.41, 5.74) is 2.86. The molecular weight excluding hydrogens is 228 g/mol. The molecule has 0 saturated heterocycles. The lowest BCUT2D eigenvalue weighted by Crippen LogP contribution is -2.28. The van der Waals surface area contributed by atoms with E-state index in [9.17, 15) is 4.79 Å². The fourth-order valence-electron chi connectivity index (χ4n) is 1.85. The molecule has 0 heterocycles. The second-order valence-electron chi connectivity index (χ2n) is 4.35. The predicted molar refractivity (Wildman–Crippen MR) is 74.2 cm³/mol. The molecule has 0 fully saturated rings. The zero-order valence-corrected chi connectivity index (χ0v) is 11.6. The van der Waals surface area contributed by atoms with Crippen molar-refractivity contribution in [1.29, 1.82) is 0 Å². The second kappa shape index (κ2) is 7.01. The maximum atomic E-state index is 12.2. The molecule has 1 rings (SSSR count). The third kappa shape index (κ3) is 3.74. The van der Waals surface area contributed by atoms with Crippen LogP contribution in [0.2, 0.25) is 0 Å². The normalized spacial score (nSPS) is 10.2. The molecular formula is C14H22N2O2. The number of aryl methyl sites for hydroxylation is 1. The molecule has 0 radical (unpaired) electrons. The molecule has 0 aromatic heterocycles. The Morgan fingerprint density at radius 3 is 2.72 bits per heavy atom. The predicted octanol–water partition coefficient (Wildman–Crippen LogP) is 2.15. The number of methoxy groups -OCH3 is 1. The summed E-state index contributed by atoms with van der Waals surface area (Å²) in [6.07, 6.45) is 0.853. The number of carbonyl (C=O) groups is 1. The van der Waals surface area contributed by atoms with E-state index in [4.69, 9.17) is 4.74 Å². The highest BCUT2D eigenvalue weighted by atomic mass is 16.5. The average molecular weight is 250 g/mol. The van der Waals surface area contributed by atoms with Crippen molar-refractivity contribution in [3.63, 3.8) is 0 Å². The first-order valence-corrected chi connectivity index (χ1v) is 6.13. The minimum atomic E-state index is 0.0526. The van der Waals surface area contributed by atoms with Crippen LogP contribution in [0.15, 0.2) is 18.2 Å². The third-order valence-electron chi connectivity index (χ3n) is 2.93. The fraction of sp³-hybridized carbons (Fsp3) is 0.500. The number of amides is 1. The molecule has 4 heteroatoms. The summed E-state index contributed by atoms with van der Waals surface area (Å²) in [5.74, 6) is 0.0526. The Morgan fingerprint density at radius 1 is 1.44 bits per heavy atom. The molecule has 0 bridgehead atoms. The molecule has 1 N–H and O–H groups in total. The van der Waals surface area contributed by atoms with Gasteiger partial charge in [-0.05, 0) is 37.1 Å². The molecule has 0 unspecified atom stereocenters. The number of ether oxygens (including phenoxy) is 1. The zero-order chi connectivity index (χ0) is 13.5. The Bertz CT molecular complexity index is 405. The number of hydrogen-bond donors (Lipinski definition) is 1. The molecule has 18 heavy (non-hydrogen) atoms. The monoisotopic (exact) mass is 250 g/mol. The standard InChI is InChI=1S/C14H22N2O2/c1-11-10-12(6-7-13(11)15-2)14(17)16(3)8-5-9-18-4/h6-7,10,15H,5,8-9H2,1-4H3. The van der Waals surface area contributed by atoms with Gasteiger partial charge in [-0.15, -0.1) is 0 Å². The van der Waals surface area contributed by atoms with Gasteiger partial charge in [0.25, 0.3) is 5.91 Å². The molecule has 0 aliphatic rings. The second-order valence-corrected chi connectivity index (χ2v) is 4.35. The number of carbonyl (C=O) groups excluding carboxylic acids is 1. The first-order chi connectivity index (χ1) is 8.60. The summed E-state index contributed by atoms with van der Waals surface area (Å²) in [5, 5.41) is 3.09. The van der Waals surface area contributed by atoms with E-state index in [1.807, 2.05) is 39.2 Å². The zero-order valence-electron chi connectivity index (χ0n) is 11.6. The van der Waals surface area contributed by atoms with E-state index in [-0.39, 0.29) is 5.91 Å². The van der Waals surface area contributed by atoms with Gasteiger partial charge in [-0.3, -0.25) is 4.79 Å². The first kappa shape index (κ1) is 14.5. The van der Waals surface area contributed by atoms with Gasteiger partial charge in [0.05, 0.1) is 0 Å². The lowest BCUT2D eigenvalue weighted by atomic mass is 10.1. The van der Waals surface area contributed by atoms with E-state index in [0.29, 0.717) is 13.2 Å². The molecule has 0 aliphatic carbocycles. The number of anilines is 1. The van der Waals surface area contributed by atoms with Crippen LogP contribution < -0.4 is 5.32 Å². The summed E-state index contributed by atoms with van der Waals surface area (Å²) >= 11 is 0. The largest absolute Gasteiger partial charge is 0.388 e. The molecule has 1 aromatic carbocycles. The van der Waals surface area contributed by atoms with Gasteiger partial charge in [-0.2, -0.15) is 0 Å². The number of rotatable bonds is 6. The Morgan fingerprint density at radius 2 is 2.17 bits per heavy atom. The summed E-state index contributed by atoms with van der Waals surface area (Å²) in [7, 11) is 5.36. The van der Waals surface area contributed by atoms with Crippen LogP contribution in [0.25, 0.3) is 0 Å². The number of hydrogen-bond acceptors (Lipinski definition) is 3. The van der Waals surface area contributed by atoms with Gasteiger partial charge in [0.2, 0.25) is 0 Å². The van der Waals surface area contributed by atoms with Crippen LogP contribution in [0.1, 0.15) is 22.3 Å². The maximum Gasteiger partial charge on any atom is 0.253 e. The van der Waals surface area contributed by atoms with E-state index in [1.54, 1.807) is 12.0 Å². The molecule has 1 aromatic rings. The van der Waals surface area contributed by atoms with Crippen LogP contribution in [0.4, 0.5) is 5.69 Å². The van der Waals surface area contributed by atoms with Crippen LogP contribution in [0.3, 0.4) is 0 Å². The maximum absolute atomic E-state index is 12.2. The SMILES string of the molecule is CNc1ccc(C(=O)N(C)CCCOC)cc1C. The van der Waals surface area contributed by atoms with E-state index in [2.05, 4.69) is 5.32 Å². The Balaban J connectivity index is 2.68. The van der Waals surface area contributed by atoms with Crippen molar-refractivity contribution in [3.8, 4) is 0 Å². The fourth-order valence-corrected chi connectivity index (χ4v) is 1.85. The van der Waals surface area contributed by atoms with E-state index in [1.165, 1.54) is 0 Å².